The molecule has 0 fully saturated rings. The minimum absolute atomic E-state index is 0.219. The highest BCUT2D eigenvalue weighted by Gasteiger charge is 2.15. The largest absolute Gasteiger partial charge is 0.469 e. The summed E-state index contributed by atoms with van der Waals surface area (Å²) in [4.78, 5) is 22.7. The summed E-state index contributed by atoms with van der Waals surface area (Å²) in [5, 5.41) is 2.67. The first-order valence-corrected chi connectivity index (χ1v) is 6.41. The number of carbonyl (C=O) groups is 2. The summed E-state index contributed by atoms with van der Waals surface area (Å²) < 4.78 is 9.77. The van der Waals surface area contributed by atoms with Crippen molar-refractivity contribution in [1.29, 1.82) is 0 Å². The van der Waals surface area contributed by atoms with E-state index in [4.69, 9.17) is 4.74 Å². The van der Waals surface area contributed by atoms with Crippen molar-refractivity contribution in [2.24, 2.45) is 0 Å². The molecule has 20 heavy (non-hydrogen) atoms. The summed E-state index contributed by atoms with van der Waals surface area (Å²) in [7, 11) is 1.36. The minimum atomic E-state index is -0.517. The Hall–Kier alpha value is -2.04. The highest BCUT2D eigenvalue weighted by molar-refractivity contribution is 5.72. The van der Waals surface area contributed by atoms with Gasteiger partial charge in [0.1, 0.15) is 5.60 Å². The van der Waals surface area contributed by atoms with E-state index in [1.54, 1.807) is 0 Å². The third-order valence-electron chi connectivity index (χ3n) is 2.40. The fourth-order valence-electron chi connectivity index (χ4n) is 1.58. The Labute approximate surface area is 119 Å². The van der Waals surface area contributed by atoms with Gasteiger partial charge in [-0.25, -0.2) is 4.79 Å². The van der Waals surface area contributed by atoms with Crippen LogP contribution in [0.15, 0.2) is 24.3 Å². The topological polar surface area (TPSA) is 64.6 Å². The van der Waals surface area contributed by atoms with Gasteiger partial charge < -0.3 is 14.8 Å². The molecule has 0 heterocycles. The van der Waals surface area contributed by atoms with Gasteiger partial charge in [0, 0.05) is 6.54 Å². The average molecular weight is 279 g/mol. The standard InChI is InChI=1S/C15H21NO4/c1-15(2,3)20-14(18)16-10-12-7-5-6-11(8-12)9-13(17)19-4/h5-8H,9-10H2,1-4H3,(H,16,18). The summed E-state index contributed by atoms with van der Waals surface area (Å²) in [6.45, 7) is 5.78. The zero-order valence-electron chi connectivity index (χ0n) is 12.4. The first-order valence-electron chi connectivity index (χ1n) is 6.41. The third-order valence-corrected chi connectivity index (χ3v) is 2.40. The lowest BCUT2D eigenvalue weighted by Crippen LogP contribution is -2.32. The molecule has 0 atom stereocenters. The van der Waals surface area contributed by atoms with Crippen LogP contribution in [0.1, 0.15) is 31.9 Å². The second-order valence-electron chi connectivity index (χ2n) is 5.43. The van der Waals surface area contributed by atoms with Gasteiger partial charge in [-0.1, -0.05) is 24.3 Å². The molecule has 110 valence electrons. The lowest BCUT2D eigenvalue weighted by molar-refractivity contribution is -0.139. The molecule has 1 aromatic rings. The van der Waals surface area contributed by atoms with E-state index in [0.29, 0.717) is 6.54 Å². The molecular formula is C15H21NO4. The molecule has 0 aliphatic carbocycles. The summed E-state index contributed by atoms with van der Waals surface area (Å²) in [5.41, 5.74) is 1.23. The molecule has 1 rings (SSSR count). The zero-order valence-corrected chi connectivity index (χ0v) is 12.4. The Morgan fingerprint density at radius 3 is 2.45 bits per heavy atom. The van der Waals surface area contributed by atoms with Gasteiger partial charge in [0.25, 0.3) is 0 Å². The highest BCUT2D eigenvalue weighted by Crippen LogP contribution is 2.09. The monoisotopic (exact) mass is 279 g/mol. The van der Waals surface area contributed by atoms with E-state index in [0.717, 1.165) is 11.1 Å². The third kappa shape index (κ3) is 6.22. The lowest BCUT2D eigenvalue weighted by Gasteiger charge is -2.19. The van der Waals surface area contributed by atoms with E-state index in [2.05, 4.69) is 10.1 Å². The van der Waals surface area contributed by atoms with Crippen LogP contribution in [-0.2, 0) is 27.2 Å². The van der Waals surface area contributed by atoms with E-state index < -0.39 is 11.7 Å². The van der Waals surface area contributed by atoms with E-state index in [1.807, 2.05) is 45.0 Å². The number of benzene rings is 1. The number of hydrogen-bond donors (Lipinski definition) is 1. The number of methoxy groups -OCH3 is 1. The number of hydrogen-bond acceptors (Lipinski definition) is 4. The number of rotatable bonds is 4. The van der Waals surface area contributed by atoms with Gasteiger partial charge in [0.15, 0.2) is 0 Å². The summed E-state index contributed by atoms with van der Waals surface area (Å²) in [6, 6.07) is 7.41. The molecule has 0 radical (unpaired) electrons. The Morgan fingerprint density at radius 1 is 1.20 bits per heavy atom. The second-order valence-corrected chi connectivity index (χ2v) is 5.43. The quantitative estimate of drug-likeness (QED) is 0.860. The number of ether oxygens (including phenoxy) is 2. The first-order chi connectivity index (χ1) is 9.30. The van der Waals surface area contributed by atoms with Crippen molar-refractivity contribution >= 4 is 12.1 Å². The first kappa shape index (κ1) is 16.0. The van der Waals surface area contributed by atoms with Crippen molar-refractivity contribution < 1.29 is 19.1 Å². The molecule has 1 aromatic carbocycles. The SMILES string of the molecule is COC(=O)Cc1cccc(CNC(=O)OC(C)(C)C)c1. The predicted molar refractivity (Wildman–Crippen MR) is 75.2 cm³/mol. The number of esters is 1. The zero-order chi connectivity index (χ0) is 15.2. The van der Waals surface area contributed by atoms with Crippen molar-refractivity contribution in [3.63, 3.8) is 0 Å². The average Bonchev–Trinajstić information content (AvgIpc) is 2.34. The van der Waals surface area contributed by atoms with Gasteiger partial charge in [-0.15, -0.1) is 0 Å². The smallest absolute Gasteiger partial charge is 0.407 e. The molecule has 5 heteroatoms. The minimum Gasteiger partial charge on any atom is -0.469 e. The molecule has 5 nitrogen and oxygen atoms in total. The van der Waals surface area contributed by atoms with E-state index in [1.165, 1.54) is 7.11 Å². The van der Waals surface area contributed by atoms with Crippen LogP contribution in [0, 0.1) is 0 Å². The van der Waals surface area contributed by atoms with Crippen LogP contribution in [0.25, 0.3) is 0 Å². The normalized spacial score (nSPS) is 10.8. The van der Waals surface area contributed by atoms with Crippen LogP contribution in [0.2, 0.25) is 0 Å². The maximum Gasteiger partial charge on any atom is 0.407 e. The Balaban J connectivity index is 2.54. The Morgan fingerprint density at radius 2 is 1.85 bits per heavy atom. The van der Waals surface area contributed by atoms with Crippen molar-refractivity contribution in [3.8, 4) is 0 Å². The Kier molecular flexibility index (Phi) is 5.55. The van der Waals surface area contributed by atoms with E-state index >= 15 is 0 Å². The van der Waals surface area contributed by atoms with Crippen molar-refractivity contribution in [3.05, 3.63) is 35.4 Å². The summed E-state index contributed by atoms with van der Waals surface area (Å²) >= 11 is 0. The van der Waals surface area contributed by atoms with Gasteiger partial charge in [0.05, 0.1) is 13.5 Å². The van der Waals surface area contributed by atoms with Crippen LogP contribution >= 0.6 is 0 Å². The van der Waals surface area contributed by atoms with Crippen LogP contribution in [0.5, 0.6) is 0 Å². The highest BCUT2D eigenvalue weighted by atomic mass is 16.6. The lowest BCUT2D eigenvalue weighted by atomic mass is 10.1. The molecule has 0 aliphatic rings. The molecule has 0 spiro atoms. The van der Waals surface area contributed by atoms with Crippen molar-refractivity contribution in [2.45, 2.75) is 39.3 Å². The molecular weight excluding hydrogens is 258 g/mol. The molecule has 1 amide bonds. The van der Waals surface area contributed by atoms with Gasteiger partial charge in [-0.3, -0.25) is 4.79 Å². The Bertz CT molecular complexity index is 477. The fourth-order valence-corrected chi connectivity index (χ4v) is 1.58. The van der Waals surface area contributed by atoms with Crippen molar-refractivity contribution in [2.75, 3.05) is 7.11 Å². The van der Waals surface area contributed by atoms with Gasteiger partial charge in [-0.2, -0.15) is 0 Å². The summed E-state index contributed by atoms with van der Waals surface area (Å²) in [5.74, 6) is -0.290. The number of nitrogens with one attached hydrogen (secondary N) is 1. The van der Waals surface area contributed by atoms with E-state index in [-0.39, 0.29) is 12.4 Å². The molecule has 0 bridgehead atoms. The van der Waals surface area contributed by atoms with Crippen molar-refractivity contribution in [1.82, 2.24) is 5.32 Å². The van der Waals surface area contributed by atoms with Gasteiger partial charge in [0.2, 0.25) is 0 Å². The van der Waals surface area contributed by atoms with Crippen LogP contribution in [-0.4, -0.2) is 24.8 Å². The van der Waals surface area contributed by atoms with Crippen LogP contribution in [0.4, 0.5) is 4.79 Å². The predicted octanol–water partition coefficient (Wildman–Crippen LogP) is 2.43. The molecule has 0 saturated carbocycles. The van der Waals surface area contributed by atoms with E-state index in [9.17, 15) is 9.59 Å². The molecule has 1 N–H and O–H groups in total. The molecule has 0 unspecified atom stereocenters. The van der Waals surface area contributed by atoms with Gasteiger partial charge in [-0.05, 0) is 31.9 Å². The van der Waals surface area contributed by atoms with Crippen LogP contribution < -0.4 is 5.32 Å². The van der Waals surface area contributed by atoms with Crippen LogP contribution in [0.3, 0.4) is 0 Å². The fraction of sp³-hybridized carbons (Fsp3) is 0.467. The molecule has 0 saturated heterocycles. The maximum atomic E-state index is 11.5. The molecule has 0 aliphatic heterocycles. The second kappa shape index (κ2) is 6.93. The summed E-state index contributed by atoms with van der Waals surface area (Å²) in [6.07, 6.45) is -0.243. The number of carbonyl (C=O) groups excluding carboxylic acids is 2. The maximum absolute atomic E-state index is 11.5. The van der Waals surface area contributed by atoms with Gasteiger partial charge >= 0.3 is 12.1 Å². The number of amides is 1. The molecule has 0 aromatic heterocycles. The number of alkyl carbamates (subject to hydrolysis) is 1.